The van der Waals surface area contributed by atoms with Gasteiger partial charge < -0.3 is 20.9 Å². The molecule has 1 aliphatic rings. The van der Waals surface area contributed by atoms with Gasteiger partial charge in [0, 0.05) is 37.8 Å². The average molecular weight is 491 g/mol. The molecule has 0 bridgehead atoms. The van der Waals surface area contributed by atoms with Gasteiger partial charge in [0.15, 0.2) is 5.96 Å². The zero-order valence-corrected chi connectivity index (χ0v) is 18.0. The molecular weight excluding hydrogens is 464 g/mol. The number of guanidine groups is 1. The van der Waals surface area contributed by atoms with Gasteiger partial charge in [-0.2, -0.15) is 0 Å². The van der Waals surface area contributed by atoms with Gasteiger partial charge >= 0.3 is 0 Å². The van der Waals surface area contributed by atoms with E-state index in [1.807, 2.05) is 18.7 Å². The van der Waals surface area contributed by atoms with Crippen molar-refractivity contribution in [2.24, 2.45) is 4.99 Å². The third kappa shape index (κ3) is 7.69. The maximum Gasteiger partial charge on any atom is 0.246 e. The molecule has 1 aromatic rings. The van der Waals surface area contributed by atoms with E-state index >= 15 is 0 Å². The lowest BCUT2D eigenvalue weighted by Crippen LogP contribution is -2.45. The van der Waals surface area contributed by atoms with Crippen molar-refractivity contribution in [2.45, 2.75) is 32.7 Å². The van der Waals surface area contributed by atoms with Gasteiger partial charge in [-0.25, -0.2) is 9.38 Å². The zero-order chi connectivity index (χ0) is 18.9. The first-order valence-electron chi connectivity index (χ1n) is 8.89. The Labute approximate surface area is 176 Å². The van der Waals surface area contributed by atoms with Crippen LogP contribution in [0.1, 0.15) is 26.7 Å². The van der Waals surface area contributed by atoms with Crippen molar-refractivity contribution in [3.05, 3.63) is 30.1 Å². The van der Waals surface area contributed by atoms with Crippen LogP contribution in [0.2, 0.25) is 0 Å². The van der Waals surface area contributed by atoms with Gasteiger partial charge in [0.25, 0.3) is 0 Å². The van der Waals surface area contributed by atoms with E-state index in [1.54, 1.807) is 6.07 Å². The Balaban J connectivity index is 0.00000364. The number of carbonyl (C=O) groups is 2. The number of amides is 2. The second-order valence-electron chi connectivity index (χ2n) is 6.08. The van der Waals surface area contributed by atoms with Gasteiger partial charge in [-0.1, -0.05) is 13.0 Å². The molecule has 1 aromatic carbocycles. The highest BCUT2D eigenvalue weighted by Crippen LogP contribution is 2.11. The third-order valence-corrected chi connectivity index (χ3v) is 4.02. The summed E-state index contributed by atoms with van der Waals surface area (Å²) in [6.45, 7) is 5.71. The molecule has 0 radical (unpaired) electrons. The monoisotopic (exact) mass is 491 g/mol. The molecular formula is C18H27FIN5O2. The smallest absolute Gasteiger partial charge is 0.246 e. The summed E-state index contributed by atoms with van der Waals surface area (Å²) in [7, 11) is 0. The van der Waals surface area contributed by atoms with E-state index in [0.29, 0.717) is 31.2 Å². The molecule has 150 valence electrons. The van der Waals surface area contributed by atoms with Gasteiger partial charge in [0.2, 0.25) is 11.8 Å². The molecule has 0 aromatic heterocycles. The number of hydrogen-bond acceptors (Lipinski definition) is 3. The van der Waals surface area contributed by atoms with E-state index in [2.05, 4.69) is 20.9 Å². The summed E-state index contributed by atoms with van der Waals surface area (Å²) in [5, 5.41) is 8.96. The SMILES string of the molecule is CCNC(=NCC(=O)Nc1cccc(F)c1)NC1CCN(C(=O)CC)C1.I. The van der Waals surface area contributed by atoms with Gasteiger partial charge in [0.1, 0.15) is 12.4 Å². The highest BCUT2D eigenvalue weighted by atomic mass is 127. The molecule has 1 atom stereocenters. The number of hydrogen-bond donors (Lipinski definition) is 3. The second-order valence-corrected chi connectivity index (χ2v) is 6.08. The predicted octanol–water partition coefficient (Wildman–Crippen LogP) is 1.95. The van der Waals surface area contributed by atoms with E-state index in [1.165, 1.54) is 18.2 Å². The number of rotatable bonds is 6. The maximum atomic E-state index is 13.1. The fraction of sp³-hybridized carbons (Fsp3) is 0.500. The van der Waals surface area contributed by atoms with E-state index in [9.17, 15) is 14.0 Å². The van der Waals surface area contributed by atoms with E-state index < -0.39 is 5.82 Å². The number of nitrogens with one attached hydrogen (secondary N) is 3. The van der Waals surface area contributed by atoms with Crippen LogP contribution in [0.25, 0.3) is 0 Å². The van der Waals surface area contributed by atoms with Gasteiger partial charge in [-0.15, -0.1) is 24.0 Å². The summed E-state index contributed by atoms with van der Waals surface area (Å²) < 4.78 is 13.1. The first kappa shape index (κ1) is 23.1. The summed E-state index contributed by atoms with van der Waals surface area (Å²) in [5.74, 6) is -0.0702. The van der Waals surface area contributed by atoms with Crippen LogP contribution in [-0.4, -0.2) is 54.9 Å². The molecule has 0 aliphatic carbocycles. The summed E-state index contributed by atoms with van der Waals surface area (Å²) in [6, 6.07) is 5.82. The topological polar surface area (TPSA) is 85.8 Å². The maximum absolute atomic E-state index is 13.1. The van der Waals surface area contributed by atoms with Crippen molar-refractivity contribution in [3.8, 4) is 0 Å². The summed E-state index contributed by atoms with van der Waals surface area (Å²) in [4.78, 5) is 29.9. The molecule has 1 unspecified atom stereocenters. The largest absolute Gasteiger partial charge is 0.357 e. The molecule has 3 N–H and O–H groups in total. The minimum absolute atomic E-state index is 0. The Morgan fingerprint density at radius 1 is 1.33 bits per heavy atom. The van der Waals surface area contributed by atoms with E-state index in [-0.39, 0.29) is 48.4 Å². The number of carbonyl (C=O) groups excluding carboxylic acids is 2. The summed E-state index contributed by atoms with van der Waals surface area (Å²) in [5.41, 5.74) is 0.396. The molecule has 27 heavy (non-hydrogen) atoms. The van der Waals surface area contributed by atoms with E-state index in [4.69, 9.17) is 0 Å². The van der Waals surface area contributed by atoms with Crippen LogP contribution in [0.15, 0.2) is 29.3 Å². The van der Waals surface area contributed by atoms with Crippen molar-refractivity contribution in [1.82, 2.24) is 15.5 Å². The fourth-order valence-electron chi connectivity index (χ4n) is 2.76. The normalized spacial score (nSPS) is 16.5. The molecule has 1 fully saturated rings. The predicted molar refractivity (Wildman–Crippen MR) is 115 cm³/mol. The molecule has 1 heterocycles. The molecule has 1 aliphatic heterocycles. The quantitative estimate of drug-likeness (QED) is 0.323. The number of halogens is 2. The Hall–Kier alpha value is -1.91. The lowest BCUT2D eigenvalue weighted by Gasteiger charge is -2.18. The molecule has 1 saturated heterocycles. The van der Waals surface area contributed by atoms with Crippen LogP contribution in [0.5, 0.6) is 0 Å². The minimum atomic E-state index is -0.409. The standard InChI is InChI=1S/C18H26FN5O2.HI/c1-3-17(26)24-9-8-15(12-24)23-18(20-4-2)21-11-16(25)22-14-7-5-6-13(19)10-14;/h5-7,10,15H,3-4,8-9,11-12H2,1-2H3,(H,22,25)(H2,20,21,23);1H. The van der Waals surface area contributed by atoms with Gasteiger partial charge in [-0.05, 0) is 31.5 Å². The number of nitrogens with zero attached hydrogens (tertiary/aromatic N) is 2. The lowest BCUT2D eigenvalue weighted by atomic mass is 10.3. The molecule has 7 nitrogen and oxygen atoms in total. The fourth-order valence-corrected chi connectivity index (χ4v) is 2.76. The van der Waals surface area contributed by atoms with Gasteiger partial charge in [-0.3, -0.25) is 9.59 Å². The van der Waals surface area contributed by atoms with Crippen molar-refractivity contribution in [1.29, 1.82) is 0 Å². The number of likely N-dealkylation sites (tertiary alicyclic amines) is 1. The van der Waals surface area contributed by atoms with Crippen LogP contribution >= 0.6 is 24.0 Å². The molecule has 2 amide bonds. The summed E-state index contributed by atoms with van der Waals surface area (Å²) >= 11 is 0. The molecule has 0 spiro atoms. The first-order chi connectivity index (χ1) is 12.5. The number of benzene rings is 1. The van der Waals surface area contributed by atoms with Crippen LogP contribution in [0.4, 0.5) is 10.1 Å². The van der Waals surface area contributed by atoms with E-state index in [0.717, 1.165) is 13.0 Å². The van der Waals surface area contributed by atoms with Crippen molar-refractivity contribution in [2.75, 3.05) is 31.5 Å². The zero-order valence-electron chi connectivity index (χ0n) is 15.6. The Bertz CT molecular complexity index is 671. The Morgan fingerprint density at radius 3 is 2.78 bits per heavy atom. The summed E-state index contributed by atoms with van der Waals surface area (Å²) in [6.07, 6.45) is 1.34. The minimum Gasteiger partial charge on any atom is -0.357 e. The van der Waals surface area contributed by atoms with Crippen molar-refractivity contribution in [3.63, 3.8) is 0 Å². The number of anilines is 1. The first-order valence-corrected chi connectivity index (χ1v) is 8.89. The van der Waals surface area contributed by atoms with Gasteiger partial charge in [0.05, 0.1) is 0 Å². The number of aliphatic imine (C=N–C) groups is 1. The molecule has 2 rings (SSSR count). The van der Waals surface area contributed by atoms with Crippen molar-refractivity contribution < 1.29 is 14.0 Å². The second kappa shape index (κ2) is 11.7. The lowest BCUT2D eigenvalue weighted by molar-refractivity contribution is -0.129. The molecule has 9 heteroatoms. The van der Waals surface area contributed by atoms with Crippen LogP contribution in [-0.2, 0) is 9.59 Å². The van der Waals surface area contributed by atoms with Crippen molar-refractivity contribution >= 4 is 47.4 Å². The Kier molecular flexibility index (Phi) is 10.0. The Morgan fingerprint density at radius 2 is 2.11 bits per heavy atom. The third-order valence-electron chi connectivity index (χ3n) is 4.02. The molecule has 0 saturated carbocycles. The average Bonchev–Trinajstić information content (AvgIpc) is 3.08. The van der Waals surface area contributed by atoms with Crippen LogP contribution < -0.4 is 16.0 Å². The van der Waals surface area contributed by atoms with Crippen LogP contribution in [0.3, 0.4) is 0 Å². The highest BCUT2D eigenvalue weighted by molar-refractivity contribution is 14.0. The van der Waals surface area contributed by atoms with Crippen LogP contribution in [0, 0.1) is 5.82 Å². The highest BCUT2D eigenvalue weighted by Gasteiger charge is 2.25.